The molecule has 90 valence electrons. The Labute approximate surface area is 96.4 Å². The van der Waals surface area contributed by atoms with Gasteiger partial charge in [0.25, 0.3) is 10.1 Å². The Morgan fingerprint density at radius 1 is 1.35 bits per heavy atom. The molecular formula is C10H9NO5S. The number of anilines is 1. The maximum atomic E-state index is 11.2. The third-order valence-corrected chi connectivity index (χ3v) is 3.30. The molecule has 0 unspecified atom stereocenters. The summed E-state index contributed by atoms with van der Waals surface area (Å²) in [6.07, 6.45) is 0. The molecule has 2 rings (SSSR count). The highest BCUT2D eigenvalue weighted by Gasteiger charge is 2.21. The summed E-state index contributed by atoms with van der Waals surface area (Å²) in [5, 5.41) is 0.409. The van der Waals surface area contributed by atoms with Crippen LogP contribution in [0.2, 0.25) is 0 Å². The summed E-state index contributed by atoms with van der Waals surface area (Å²) in [6, 6.07) is 4.09. The number of benzene rings is 1. The van der Waals surface area contributed by atoms with Crippen molar-refractivity contribution in [2.24, 2.45) is 0 Å². The third kappa shape index (κ3) is 1.90. The van der Waals surface area contributed by atoms with Crippen molar-refractivity contribution in [3.63, 3.8) is 0 Å². The van der Waals surface area contributed by atoms with E-state index in [0.29, 0.717) is 10.9 Å². The van der Waals surface area contributed by atoms with E-state index in [4.69, 9.17) is 14.7 Å². The molecule has 3 N–H and O–H groups in total. The van der Waals surface area contributed by atoms with Gasteiger partial charge < -0.3 is 10.2 Å². The summed E-state index contributed by atoms with van der Waals surface area (Å²) in [6.45, 7) is 1.63. The minimum absolute atomic E-state index is 0.172. The van der Waals surface area contributed by atoms with E-state index in [1.165, 1.54) is 18.2 Å². The lowest BCUT2D eigenvalue weighted by Crippen LogP contribution is -2.07. The van der Waals surface area contributed by atoms with Gasteiger partial charge in [-0.1, -0.05) is 0 Å². The minimum atomic E-state index is -4.55. The van der Waals surface area contributed by atoms with Crippen LogP contribution >= 0.6 is 0 Å². The van der Waals surface area contributed by atoms with Crippen molar-refractivity contribution in [3.05, 3.63) is 34.2 Å². The molecule has 0 aliphatic rings. The highest BCUT2D eigenvalue weighted by molar-refractivity contribution is 7.86. The van der Waals surface area contributed by atoms with E-state index in [1.54, 1.807) is 6.92 Å². The smallest absolute Gasteiger partial charge is 0.336 e. The number of aryl methyl sites for hydroxylation is 1. The Bertz CT molecular complexity index is 760. The summed E-state index contributed by atoms with van der Waals surface area (Å²) in [7, 11) is -4.55. The Kier molecular flexibility index (Phi) is 2.44. The van der Waals surface area contributed by atoms with E-state index in [1.807, 2.05) is 0 Å². The molecule has 1 aromatic carbocycles. The first-order valence-corrected chi connectivity index (χ1v) is 6.05. The van der Waals surface area contributed by atoms with E-state index in [-0.39, 0.29) is 11.3 Å². The molecule has 0 aliphatic heterocycles. The summed E-state index contributed by atoms with van der Waals surface area (Å²) in [4.78, 5) is 10.6. The molecule has 2 aromatic rings. The third-order valence-electron chi connectivity index (χ3n) is 2.36. The second-order valence-corrected chi connectivity index (χ2v) is 4.94. The van der Waals surface area contributed by atoms with Crippen LogP contribution in [0.25, 0.3) is 11.0 Å². The number of nitrogen functional groups attached to an aromatic ring is 1. The topological polar surface area (TPSA) is 111 Å². The lowest BCUT2D eigenvalue weighted by atomic mass is 10.1. The largest absolute Gasteiger partial charge is 0.421 e. The lowest BCUT2D eigenvalue weighted by molar-refractivity contribution is 0.480. The van der Waals surface area contributed by atoms with E-state index in [0.717, 1.165) is 0 Å². The second kappa shape index (κ2) is 3.57. The summed E-state index contributed by atoms with van der Waals surface area (Å²) in [5.74, 6) is 0. The van der Waals surface area contributed by atoms with Gasteiger partial charge in [0.1, 0.15) is 0 Å². The molecule has 7 heteroatoms. The van der Waals surface area contributed by atoms with Crippen LogP contribution in [-0.4, -0.2) is 13.0 Å². The Morgan fingerprint density at radius 3 is 2.59 bits per heavy atom. The minimum Gasteiger partial charge on any atom is -0.421 e. The molecule has 6 nitrogen and oxygen atoms in total. The fourth-order valence-corrected chi connectivity index (χ4v) is 2.39. The molecule has 0 amide bonds. The first-order valence-electron chi connectivity index (χ1n) is 4.61. The van der Waals surface area contributed by atoms with Crippen molar-refractivity contribution in [2.75, 3.05) is 5.73 Å². The number of hydrogen-bond donors (Lipinski definition) is 2. The van der Waals surface area contributed by atoms with Crippen LogP contribution in [0.5, 0.6) is 0 Å². The Hall–Kier alpha value is -1.86. The zero-order chi connectivity index (χ0) is 12.8. The van der Waals surface area contributed by atoms with Gasteiger partial charge in [0.05, 0.1) is 5.69 Å². The number of fused-ring (bicyclic) bond motifs is 1. The van der Waals surface area contributed by atoms with Gasteiger partial charge in [-0.05, 0) is 24.6 Å². The van der Waals surface area contributed by atoms with Crippen LogP contribution in [0.1, 0.15) is 5.56 Å². The molecule has 17 heavy (non-hydrogen) atoms. The van der Waals surface area contributed by atoms with Crippen LogP contribution in [-0.2, 0) is 10.1 Å². The number of rotatable bonds is 1. The first kappa shape index (κ1) is 11.6. The predicted octanol–water partition coefficient (Wildman–Crippen LogP) is 0.930. The van der Waals surface area contributed by atoms with Crippen LogP contribution < -0.4 is 11.4 Å². The molecule has 0 radical (unpaired) electrons. The van der Waals surface area contributed by atoms with Crippen molar-refractivity contribution in [3.8, 4) is 0 Å². The molecule has 0 spiro atoms. The quantitative estimate of drug-likeness (QED) is 0.445. The zero-order valence-electron chi connectivity index (χ0n) is 8.80. The standard InChI is InChI=1S/C10H9NO5S/c1-5-4-8(12)16-9-6(5)2-3-7(11)10(9)17(13,14)15/h2-4H,11H2,1H3,(H,13,14,15). The fourth-order valence-electron chi connectivity index (χ4n) is 1.64. The van der Waals surface area contributed by atoms with Gasteiger partial charge in [-0.2, -0.15) is 8.42 Å². The average molecular weight is 255 g/mol. The van der Waals surface area contributed by atoms with Crippen molar-refractivity contribution < 1.29 is 17.4 Å². The number of nitrogens with two attached hydrogens (primary N) is 1. The van der Waals surface area contributed by atoms with Crippen LogP contribution in [0.15, 0.2) is 32.3 Å². The molecular weight excluding hydrogens is 246 g/mol. The highest BCUT2D eigenvalue weighted by atomic mass is 32.2. The summed E-state index contributed by atoms with van der Waals surface area (Å²) >= 11 is 0. The van der Waals surface area contributed by atoms with Gasteiger partial charge >= 0.3 is 5.63 Å². The fraction of sp³-hybridized carbons (Fsp3) is 0.100. The molecule has 0 fully saturated rings. The van der Waals surface area contributed by atoms with Crippen LogP contribution in [0.3, 0.4) is 0 Å². The van der Waals surface area contributed by atoms with Gasteiger partial charge in [-0.3, -0.25) is 4.55 Å². The lowest BCUT2D eigenvalue weighted by Gasteiger charge is -2.06. The van der Waals surface area contributed by atoms with Crippen molar-refractivity contribution in [1.29, 1.82) is 0 Å². The van der Waals surface area contributed by atoms with Gasteiger partial charge in [0, 0.05) is 11.5 Å². The molecule has 0 saturated heterocycles. The van der Waals surface area contributed by atoms with Gasteiger partial charge in [0.2, 0.25) is 0 Å². The molecule has 0 atom stereocenters. The van der Waals surface area contributed by atoms with Gasteiger partial charge in [0.15, 0.2) is 10.5 Å². The van der Waals surface area contributed by atoms with Crippen LogP contribution in [0, 0.1) is 6.92 Å². The Morgan fingerprint density at radius 2 is 2.00 bits per heavy atom. The zero-order valence-corrected chi connectivity index (χ0v) is 9.61. The molecule has 0 bridgehead atoms. The predicted molar refractivity (Wildman–Crippen MR) is 61.4 cm³/mol. The maximum Gasteiger partial charge on any atom is 0.336 e. The van der Waals surface area contributed by atoms with Crippen molar-refractivity contribution in [2.45, 2.75) is 11.8 Å². The van der Waals surface area contributed by atoms with Gasteiger partial charge in [-0.15, -0.1) is 0 Å². The number of hydrogen-bond acceptors (Lipinski definition) is 5. The normalized spacial score (nSPS) is 11.9. The van der Waals surface area contributed by atoms with Crippen molar-refractivity contribution >= 4 is 26.8 Å². The van der Waals surface area contributed by atoms with Gasteiger partial charge in [-0.25, -0.2) is 4.79 Å². The summed E-state index contributed by atoms with van der Waals surface area (Å²) < 4.78 is 36.3. The SMILES string of the molecule is Cc1cc(=O)oc2c(S(=O)(=O)O)c(N)ccc12. The Balaban J connectivity index is 3.11. The molecule has 0 aliphatic carbocycles. The molecule has 0 saturated carbocycles. The molecule has 1 aromatic heterocycles. The van der Waals surface area contributed by atoms with E-state index in [2.05, 4.69) is 0 Å². The van der Waals surface area contributed by atoms with E-state index in [9.17, 15) is 13.2 Å². The second-order valence-electron chi connectivity index (χ2n) is 3.58. The van der Waals surface area contributed by atoms with Crippen molar-refractivity contribution in [1.82, 2.24) is 0 Å². The maximum absolute atomic E-state index is 11.2. The summed E-state index contributed by atoms with van der Waals surface area (Å²) in [5.41, 5.74) is 4.91. The highest BCUT2D eigenvalue weighted by Crippen LogP contribution is 2.29. The average Bonchev–Trinajstić information content (AvgIpc) is 2.13. The van der Waals surface area contributed by atoms with Crippen LogP contribution in [0.4, 0.5) is 5.69 Å². The monoisotopic (exact) mass is 255 g/mol. The molecule has 1 heterocycles. The van der Waals surface area contributed by atoms with E-state index < -0.39 is 20.6 Å². The first-order chi connectivity index (χ1) is 7.80. The van der Waals surface area contributed by atoms with E-state index >= 15 is 0 Å².